The van der Waals surface area contributed by atoms with Crippen LogP contribution < -0.4 is 16.4 Å². The molecule has 0 spiro atoms. The first-order valence-electron chi connectivity index (χ1n) is 5.07. The molecule has 1 rings (SSSR count). The van der Waals surface area contributed by atoms with Crippen molar-refractivity contribution < 1.29 is 9.59 Å². The fraction of sp³-hybridized carbons (Fsp3) is 0.273. The molecule has 0 bridgehead atoms. The normalized spacial score (nSPS) is 11.9. The molecule has 0 fully saturated rings. The molecule has 5 nitrogen and oxygen atoms in total. The molecule has 17 heavy (non-hydrogen) atoms. The predicted molar refractivity (Wildman–Crippen MR) is 66.7 cm³/mol. The molecular weight excluding hydrogens is 242 g/mol. The van der Waals surface area contributed by atoms with Gasteiger partial charge < -0.3 is 11.1 Å². The lowest BCUT2D eigenvalue weighted by Crippen LogP contribution is -2.42. The van der Waals surface area contributed by atoms with E-state index in [0.717, 1.165) is 0 Å². The van der Waals surface area contributed by atoms with Crippen molar-refractivity contribution >= 4 is 29.1 Å². The van der Waals surface area contributed by atoms with Gasteiger partial charge in [-0.2, -0.15) is 0 Å². The highest BCUT2D eigenvalue weighted by Crippen LogP contribution is 2.14. The summed E-state index contributed by atoms with van der Waals surface area (Å²) in [7, 11) is 0. The van der Waals surface area contributed by atoms with Crippen molar-refractivity contribution in [3.63, 3.8) is 0 Å². The highest BCUT2D eigenvalue weighted by molar-refractivity contribution is 6.30. The molecule has 1 aromatic carbocycles. The lowest BCUT2D eigenvalue weighted by molar-refractivity contribution is -0.120. The third-order valence-electron chi connectivity index (χ3n) is 2.10. The quantitative estimate of drug-likeness (QED) is 0.726. The first kappa shape index (κ1) is 13.5. The fourth-order valence-corrected chi connectivity index (χ4v) is 1.31. The molecule has 0 aliphatic rings. The van der Waals surface area contributed by atoms with E-state index in [1.165, 1.54) is 0 Å². The van der Waals surface area contributed by atoms with Crippen LogP contribution in [0.3, 0.4) is 0 Å². The van der Waals surface area contributed by atoms with Crippen LogP contribution in [0.4, 0.5) is 5.69 Å². The molecule has 0 aliphatic heterocycles. The number of amides is 2. The average Bonchev–Trinajstić information content (AvgIpc) is 2.25. The highest BCUT2D eigenvalue weighted by atomic mass is 35.5. The Bertz CT molecular complexity index is 423. The van der Waals surface area contributed by atoms with Gasteiger partial charge in [0.25, 0.3) is 0 Å². The number of nitrogens with one attached hydrogen (secondary N) is 2. The van der Waals surface area contributed by atoms with Crippen LogP contribution in [0.15, 0.2) is 24.3 Å². The van der Waals surface area contributed by atoms with E-state index in [0.29, 0.717) is 10.7 Å². The Morgan fingerprint density at radius 3 is 2.76 bits per heavy atom. The van der Waals surface area contributed by atoms with Gasteiger partial charge in [0.2, 0.25) is 11.8 Å². The Labute approximate surface area is 104 Å². The van der Waals surface area contributed by atoms with E-state index in [1.54, 1.807) is 31.2 Å². The van der Waals surface area contributed by atoms with E-state index in [-0.39, 0.29) is 12.5 Å². The molecule has 1 atom stereocenters. The van der Waals surface area contributed by atoms with Gasteiger partial charge in [0, 0.05) is 10.7 Å². The maximum atomic E-state index is 11.5. The van der Waals surface area contributed by atoms with Crippen LogP contribution in [0, 0.1) is 0 Å². The summed E-state index contributed by atoms with van der Waals surface area (Å²) in [6, 6.07) is 6.26. The van der Waals surface area contributed by atoms with Crippen LogP contribution in [0.2, 0.25) is 5.02 Å². The van der Waals surface area contributed by atoms with Gasteiger partial charge in [-0.25, -0.2) is 0 Å². The molecule has 92 valence electrons. The number of rotatable bonds is 5. The van der Waals surface area contributed by atoms with Crippen molar-refractivity contribution in [3.05, 3.63) is 29.3 Å². The van der Waals surface area contributed by atoms with Gasteiger partial charge in [0.1, 0.15) is 0 Å². The molecule has 4 N–H and O–H groups in total. The molecule has 0 aromatic heterocycles. The molecule has 0 saturated carbocycles. The minimum absolute atomic E-state index is 0.0105. The molecule has 2 amide bonds. The Kier molecular flexibility index (Phi) is 4.93. The molecule has 0 saturated heterocycles. The first-order valence-corrected chi connectivity index (χ1v) is 5.45. The third-order valence-corrected chi connectivity index (χ3v) is 2.34. The van der Waals surface area contributed by atoms with Crippen molar-refractivity contribution in [3.8, 4) is 0 Å². The molecular formula is C11H14ClN3O2. The van der Waals surface area contributed by atoms with Gasteiger partial charge in [-0.15, -0.1) is 0 Å². The van der Waals surface area contributed by atoms with E-state index in [1.807, 2.05) is 0 Å². The number of halogens is 1. The van der Waals surface area contributed by atoms with Crippen molar-refractivity contribution in [1.29, 1.82) is 0 Å². The van der Waals surface area contributed by atoms with Gasteiger partial charge in [0.05, 0.1) is 12.6 Å². The number of anilines is 1. The number of primary amides is 1. The number of benzene rings is 1. The number of carbonyl (C=O) groups excluding carboxylic acids is 2. The predicted octanol–water partition coefficient (Wildman–Crippen LogP) is 0.742. The molecule has 0 aliphatic carbocycles. The smallest absolute Gasteiger partial charge is 0.238 e. The van der Waals surface area contributed by atoms with Crippen molar-refractivity contribution in [2.45, 2.75) is 13.0 Å². The first-order chi connectivity index (χ1) is 7.99. The zero-order valence-electron chi connectivity index (χ0n) is 9.37. The maximum Gasteiger partial charge on any atom is 0.238 e. The summed E-state index contributed by atoms with van der Waals surface area (Å²) in [6.07, 6.45) is 0. The number of hydrogen-bond acceptors (Lipinski definition) is 3. The maximum absolute atomic E-state index is 11.5. The molecule has 0 radical (unpaired) electrons. The summed E-state index contributed by atoms with van der Waals surface area (Å²) in [5, 5.41) is 5.88. The molecule has 1 unspecified atom stereocenters. The zero-order chi connectivity index (χ0) is 12.8. The largest absolute Gasteiger partial charge is 0.368 e. The highest BCUT2D eigenvalue weighted by Gasteiger charge is 2.09. The van der Waals surface area contributed by atoms with Crippen LogP contribution in [-0.2, 0) is 9.59 Å². The van der Waals surface area contributed by atoms with E-state index in [4.69, 9.17) is 17.3 Å². The molecule has 1 aromatic rings. The molecule has 6 heteroatoms. The topological polar surface area (TPSA) is 84.2 Å². The zero-order valence-corrected chi connectivity index (χ0v) is 10.1. The summed E-state index contributed by atoms with van der Waals surface area (Å²) in [4.78, 5) is 22.2. The minimum Gasteiger partial charge on any atom is -0.368 e. The van der Waals surface area contributed by atoms with Crippen molar-refractivity contribution in [2.24, 2.45) is 5.73 Å². The van der Waals surface area contributed by atoms with Crippen LogP contribution in [0.25, 0.3) is 0 Å². The van der Waals surface area contributed by atoms with E-state index in [9.17, 15) is 9.59 Å². The number of carbonyl (C=O) groups is 2. The Morgan fingerprint density at radius 2 is 2.18 bits per heavy atom. The van der Waals surface area contributed by atoms with E-state index >= 15 is 0 Å². The van der Waals surface area contributed by atoms with Crippen molar-refractivity contribution in [2.75, 3.05) is 11.9 Å². The van der Waals surface area contributed by atoms with Gasteiger partial charge in [0.15, 0.2) is 0 Å². The minimum atomic E-state index is -0.542. The van der Waals surface area contributed by atoms with Gasteiger partial charge in [-0.3, -0.25) is 14.9 Å². The summed E-state index contributed by atoms with van der Waals surface area (Å²) in [5.74, 6) is -0.763. The van der Waals surface area contributed by atoms with Crippen LogP contribution in [-0.4, -0.2) is 24.4 Å². The van der Waals surface area contributed by atoms with E-state index < -0.39 is 11.9 Å². The van der Waals surface area contributed by atoms with Gasteiger partial charge in [-0.05, 0) is 25.1 Å². The summed E-state index contributed by atoms with van der Waals surface area (Å²) >= 11 is 5.77. The standard InChI is InChI=1S/C11H14ClN3O2/c1-7(11(13)17)14-6-10(16)15-9-4-2-3-8(12)5-9/h2-5,7,14H,6H2,1H3,(H2,13,17)(H,15,16). The second-order valence-corrected chi connectivity index (χ2v) is 4.00. The Balaban J connectivity index is 2.42. The molecule has 0 heterocycles. The second kappa shape index (κ2) is 6.22. The monoisotopic (exact) mass is 255 g/mol. The fourth-order valence-electron chi connectivity index (χ4n) is 1.12. The lowest BCUT2D eigenvalue weighted by Gasteiger charge is -2.10. The Morgan fingerprint density at radius 1 is 1.47 bits per heavy atom. The summed E-state index contributed by atoms with van der Waals surface area (Å²) in [5.41, 5.74) is 5.65. The average molecular weight is 256 g/mol. The second-order valence-electron chi connectivity index (χ2n) is 3.56. The Hall–Kier alpha value is -1.59. The summed E-state index contributed by atoms with van der Waals surface area (Å²) in [6.45, 7) is 1.60. The van der Waals surface area contributed by atoms with Gasteiger partial charge >= 0.3 is 0 Å². The van der Waals surface area contributed by atoms with Crippen molar-refractivity contribution in [1.82, 2.24) is 5.32 Å². The lowest BCUT2D eigenvalue weighted by atomic mass is 10.3. The van der Waals surface area contributed by atoms with E-state index in [2.05, 4.69) is 10.6 Å². The third kappa shape index (κ3) is 4.84. The van der Waals surface area contributed by atoms with Gasteiger partial charge in [-0.1, -0.05) is 17.7 Å². The SMILES string of the molecule is CC(NCC(=O)Nc1cccc(Cl)c1)C(N)=O. The number of hydrogen-bond donors (Lipinski definition) is 3. The van der Waals surface area contributed by atoms with Crippen LogP contribution in [0.5, 0.6) is 0 Å². The van der Waals surface area contributed by atoms with Crippen LogP contribution in [0.1, 0.15) is 6.92 Å². The van der Waals surface area contributed by atoms with Crippen LogP contribution >= 0.6 is 11.6 Å². The number of nitrogens with two attached hydrogens (primary N) is 1. The summed E-state index contributed by atoms with van der Waals surface area (Å²) < 4.78 is 0.